The van der Waals surface area contributed by atoms with Gasteiger partial charge in [-0.1, -0.05) is 0 Å². The number of hydrogen-bond donors (Lipinski definition) is 1. The summed E-state index contributed by atoms with van der Waals surface area (Å²) >= 11 is 5.07. The van der Waals surface area contributed by atoms with E-state index in [2.05, 4.69) is 21.2 Å². The van der Waals surface area contributed by atoms with E-state index >= 15 is 0 Å². The van der Waals surface area contributed by atoms with Gasteiger partial charge in [-0.2, -0.15) is 0 Å². The SMILES string of the molecule is Fc1cc(F)cc(CCNCc2ccc(Br)s2)c1. The summed E-state index contributed by atoms with van der Waals surface area (Å²) in [6.45, 7) is 1.46. The maximum absolute atomic E-state index is 12.9. The van der Waals surface area contributed by atoms with Crippen molar-refractivity contribution in [1.82, 2.24) is 5.32 Å². The predicted molar refractivity (Wildman–Crippen MR) is 73.8 cm³/mol. The summed E-state index contributed by atoms with van der Waals surface area (Å²) in [5.74, 6) is -1.04. The molecule has 1 N–H and O–H groups in total. The van der Waals surface area contributed by atoms with Crippen molar-refractivity contribution in [2.45, 2.75) is 13.0 Å². The number of hydrogen-bond acceptors (Lipinski definition) is 2. The predicted octanol–water partition coefficient (Wildman–Crippen LogP) is 4.12. The Balaban J connectivity index is 1.78. The van der Waals surface area contributed by atoms with Crippen molar-refractivity contribution in [3.63, 3.8) is 0 Å². The number of thiophene rings is 1. The topological polar surface area (TPSA) is 12.0 Å². The van der Waals surface area contributed by atoms with Crippen LogP contribution < -0.4 is 5.32 Å². The third kappa shape index (κ3) is 4.15. The molecule has 0 radical (unpaired) electrons. The van der Waals surface area contributed by atoms with Crippen molar-refractivity contribution in [3.8, 4) is 0 Å². The Morgan fingerprint density at radius 3 is 2.44 bits per heavy atom. The Morgan fingerprint density at radius 1 is 1.11 bits per heavy atom. The van der Waals surface area contributed by atoms with Crippen molar-refractivity contribution in [2.75, 3.05) is 6.54 Å². The van der Waals surface area contributed by atoms with Crippen LogP contribution in [0.4, 0.5) is 8.78 Å². The van der Waals surface area contributed by atoms with Crippen molar-refractivity contribution in [1.29, 1.82) is 0 Å². The van der Waals surface area contributed by atoms with E-state index in [9.17, 15) is 8.78 Å². The first-order valence-corrected chi connectivity index (χ1v) is 7.14. The van der Waals surface area contributed by atoms with Gasteiger partial charge in [0.15, 0.2) is 0 Å². The van der Waals surface area contributed by atoms with E-state index < -0.39 is 11.6 Å². The fourth-order valence-electron chi connectivity index (χ4n) is 1.65. The zero-order valence-corrected chi connectivity index (χ0v) is 12.0. The fraction of sp³-hybridized carbons (Fsp3) is 0.231. The van der Waals surface area contributed by atoms with Gasteiger partial charge in [0.25, 0.3) is 0 Å². The minimum absolute atomic E-state index is 0.521. The number of halogens is 3. The average Bonchev–Trinajstić information content (AvgIpc) is 2.69. The highest BCUT2D eigenvalue weighted by Crippen LogP contribution is 2.21. The minimum Gasteiger partial charge on any atom is -0.312 e. The minimum atomic E-state index is -0.521. The Hall–Kier alpha value is -0.780. The maximum Gasteiger partial charge on any atom is 0.126 e. The molecule has 96 valence electrons. The van der Waals surface area contributed by atoms with Gasteiger partial charge in [-0.05, 0) is 58.7 Å². The molecule has 0 unspecified atom stereocenters. The standard InChI is InChI=1S/C13H12BrF2NS/c14-13-2-1-12(18-13)8-17-4-3-9-5-10(15)7-11(16)6-9/h1-2,5-7,17H,3-4,8H2. The van der Waals surface area contributed by atoms with Crippen molar-refractivity contribution in [2.24, 2.45) is 0 Å². The van der Waals surface area contributed by atoms with Crippen molar-refractivity contribution in [3.05, 3.63) is 56.2 Å². The van der Waals surface area contributed by atoms with Crippen LogP contribution in [-0.4, -0.2) is 6.54 Å². The monoisotopic (exact) mass is 331 g/mol. The largest absolute Gasteiger partial charge is 0.312 e. The highest BCUT2D eigenvalue weighted by molar-refractivity contribution is 9.11. The molecule has 0 fully saturated rings. The van der Waals surface area contributed by atoms with Gasteiger partial charge in [0.1, 0.15) is 11.6 Å². The molecule has 18 heavy (non-hydrogen) atoms. The van der Waals surface area contributed by atoms with E-state index in [4.69, 9.17) is 0 Å². The van der Waals surface area contributed by atoms with Crippen LogP contribution in [-0.2, 0) is 13.0 Å². The van der Waals surface area contributed by atoms with Crippen LogP contribution in [0.5, 0.6) is 0 Å². The zero-order valence-electron chi connectivity index (χ0n) is 9.55. The van der Waals surface area contributed by atoms with Crippen molar-refractivity contribution >= 4 is 27.3 Å². The first-order chi connectivity index (χ1) is 8.63. The lowest BCUT2D eigenvalue weighted by molar-refractivity contribution is 0.577. The van der Waals surface area contributed by atoms with Crippen molar-refractivity contribution < 1.29 is 8.78 Å². The van der Waals surface area contributed by atoms with Gasteiger partial charge in [0.2, 0.25) is 0 Å². The Bertz CT molecular complexity index is 507. The molecule has 1 nitrogen and oxygen atoms in total. The average molecular weight is 332 g/mol. The molecule has 0 spiro atoms. The second kappa shape index (κ2) is 6.41. The summed E-state index contributed by atoms with van der Waals surface area (Å²) in [5.41, 5.74) is 0.673. The van der Waals surface area contributed by atoms with Gasteiger partial charge < -0.3 is 5.32 Å². The molecule has 2 aromatic rings. The van der Waals surface area contributed by atoms with Crippen LogP contribution in [0.3, 0.4) is 0 Å². The molecule has 1 heterocycles. The molecule has 2 rings (SSSR count). The number of nitrogens with one attached hydrogen (secondary N) is 1. The van der Waals surface area contributed by atoms with Crippen LogP contribution in [0.15, 0.2) is 34.1 Å². The first kappa shape index (κ1) is 13.6. The Morgan fingerprint density at radius 2 is 1.83 bits per heavy atom. The molecule has 1 aromatic carbocycles. The highest BCUT2D eigenvalue weighted by atomic mass is 79.9. The molecule has 0 amide bonds. The van der Waals surface area contributed by atoms with Crippen LogP contribution >= 0.6 is 27.3 Å². The second-order valence-electron chi connectivity index (χ2n) is 3.91. The van der Waals surface area contributed by atoms with E-state index in [1.807, 2.05) is 12.1 Å². The Labute approximate surface area is 117 Å². The van der Waals surface area contributed by atoms with E-state index in [0.29, 0.717) is 18.5 Å². The molecule has 1 aromatic heterocycles. The third-order valence-corrected chi connectivity index (χ3v) is 4.06. The lowest BCUT2D eigenvalue weighted by atomic mass is 10.1. The van der Waals surface area contributed by atoms with Gasteiger partial charge in [-0.25, -0.2) is 8.78 Å². The quantitative estimate of drug-likeness (QED) is 0.812. The van der Waals surface area contributed by atoms with E-state index in [-0.39, 0.29) is 0 Å². The molecule has 0 aliphatic carbocycles. The van der Waals surface area contributed by atoms with Crippen LogP contribution in [0, 0.1) is 11.6 Å². The molecule has 0 saturated carbocycles. The van der Waals surface area contributed by atoms with Gasteiger partial charge in [-0.3, -0.25) is 0 Å². The smallest absolute Gasteiger partial charge is 0.126 e. The van der Waals surface area contributed by atoms with Gasteiger partial charge >= 0.3 is 0 Å². The number of benzene rings is 1. The van der Waals surface area contributed by atoms with E-state index in [1.165, 1.54) is 17.0 Å². The van der Waals surface area contributed by atoms with Crippen LogP contribution in [0.25, 0.3) is 0 Å². The summed E-state index contributed by atoms with van der Waals surface area (Å²) in [6.07, 6.45) is 0.612. The van der Waals surface area contributed by atoms with Gasteiger partial charge in [0, 0.05) is 17.5 Å². The highest BCUT2D eigenvalue weighted by Gasteiger charge is 2.01. The second-order valence-corrected chi connectivity index (χ2v) is 6.46. The fourth-order valence-corrected chi connectivity index (χ4v) is 3.10. The Kier molecular flexibility index (Phi) is 4.86. The molecule has 0 saturated heterocycles. The summed E-state index contributed by atoms with van der Waals surface area (Å²) in [6, 6.07) is 7.67. The molecule has 0 aliphatic rings. The molecule has 0 atom stereocenters. The zero-order chi connectivity index (χ0) is 13.0. The lowest BCUT2D eigenvalue weighted by Crippen LogP contribution is -2.16. The lowest BCUT2D eigenvalue weighted by Gasteiger charge is -2.04. The molecule has 0 aliphatic heterocycles. The summed E-state index contributed by atoms with van der Waals surface area (Å²) in [5, 5.41) is 3.25. The van der Waals surface area contributed by atoms with Gasteiger partial charge in [0.05, 0.1) is 3.79 Å². The van der Waals surface area contributed by atoms with Crippen LogP contribution in [0.1, 0.15) is 10.4 Å². The van der Waals surface area contributed by atoms with Gasteiger partial charge in [-0.15, -0.1) is 11.3 Å². The van der Waals surface area contributed by atoms with E-state index in [1.54, 1.807) is 11.3 Å². The molecular weight excluding hydrogens is 320 g/mol. The first-order valence-electron chi connectivity index (χ1n) is 5.53. The normalized spacial score (nSPS) is 10.8. The number of rotatable bonds is 5. The third-order valence-electron chi connectivity index (χ3n) is 2.44. The maximum atomic E-state index is 12.9. The van der Waals surface area contributed by atoms with E-state index in [0.717, 1.165) is 16.4 Å². The summed E-state index contributed by atoms with van der Waals surface area (Å²) in [4.78, 5) is 1.23. The summed E-state index contributed by atoms with van der Waals surface area (Å²) < 4.78 is 27.0. The molecular formula is C13H12BrF2NS. The van der Waals surface area contributed by atoms with Crippen LogP contribution in [0.2, 0.25) is 0 Å². The molecule has 5 heteroatoms. The summed E-state index contributed by atoms with van der Waals surface area (Å²) in [7, 11) is 0. The molecule has 0 bridgehead atoms.